The van der Waals surface area contributed by atoms with Crippen LogP contribution in [-0.4, -0.2) is 17.3 Å². The lowest BCUT2D eigenvalue weighted by atomic mass is 10.0. The Labute approximate surface area is 112 Å². The number of methoxy groups -OCH3 is 1. The minimum atomic E-state index is 0.447. The van der Waals surface area contributed by atoms with Crippen molar-refractivity contribution in [3.63, 3.8) is 0 Å². The Bertz CT molecular complexity index is 597. The van der Waals surface area contributed by atoms with Gasteiger partial charge in [0.25, 0.3) is 0 Å². The number of hydrogen-bond acceptors (Lipinski definition) is 3. The lowest BCUT2D eigenvalue weighted by molar-refractivity contribution is 0.416. The molecular weight excluding hydrogens is 248 g/mol. The molecule has 0 atom stereocenters. The molecule has 0 saturated carbocycles. The molecular formula is C14H15ClN2O. The highest BCUT2D eigenvalue weighted by Gasteiger charge is 2.14. The van der Waals surface area contributed by atoms with Gasteiger partial charge >= 0.3 is 0 Å². The summed E-state index contributed by atoms with van der Waals surface area (Å²) in [6.07, 6.45) is 0. The molecule has 1 heterocycles. The van der Waals surface area contributed by atoms with Crippen molar-refractivity contribution in [2.45, 2.75) is 20.8 Å². The number of benzene rings is 1. The Kier molecular flexibility index (Phi) is 3.53. The molecule has 3 nitrogen and oxygen atoms in total. The first kappa shape index (κ1) is 12.8. The van der Waals surface area contributed by atoms with Crippen LogP contribution < -0.4 is 4.74 Å². The number of aromatic nitrogens is 2. The fraction of sp³-hybridized carbons (Fsp3) is 0.286. The van der Waals surface area contributed by atoms with Crippen molar-refractivity contribution in [3.05, 3.63) is 40.0 Å². The molecule has 0 saturated heterocycles. The second kappa shape index (κ2) is 4.94. The molecule has 0 bridgehead atoms. The van der Waals surface area contributed by atoms with Crippen molar-refractivity contribution in [1.82, 2.24) is 10.2 Å². The molecule has 0 unspecified atom stereocenters. The second-order valence-electron chi connectivity index (χ2n) is 4.29. The van der Waals surface area contributed by atoms with Crippen LogP contribution in [0.25, 0.3) is 11.3 Å². The minimum Gasteiger partial charge on any atom is -0.496 e. The third kappa shape index (κ3) is 2.18. The highest BCUT2D eigenvalue weighted by Crippen LogP contribution is 2.33. The zero-order valence-electron chi connectivity index (χ0n) is 10.9. The molecule has 0 aliphatic heterocycles. The van der Waals surface area contributed by atoms with E-state index < -0.39 is 0 Å². The van der Waals surface area contributed by atoms with Gasteiger partial charge in [-0.15, -0.1) is 10.2 Å². The normalized spacial score (nSPS) is 10.5. The molecule has 0 aliphatic carbocycles. The van der Waals surface area contributed by atoms with Crippen molar-refractivity contribution in [3.8, 4) is 17.0 Å². The average Bonchev–Trinajstić information content (AvgIpc) is 2.36. The quantitative estimate of drug-likeness (QED) is 0.827. The van der Waals surface area contributed by atoms with Gasteiger partial charge in [0.1, 0.15) is 5.75 Å². The molecule has 18 heavy (non-hydrogen) atoms. The summed E-state index contributed by atoms with van der Waals surface area (Å²) in [6.45, 7) is 5.97. The molecule has 0 radical (unpaired) electrons. The smallest absolute Gasteiger partial charge is 0.154 e. The largest absolute Gasteiger partial charge is 0.496 e. The van der Waals surface area contributed by atoms with Gasteiger partial charge in [-0.1, -0.05) is 23.2 Å². The van der Waals surface area contributed by atoms with Gasteiger partial charge in [-0.25, -0.2) is 0 Å². The first-order valence-electron chi connectivity index (χ1n) is 5.69. The first-order chi connectivity index (χ1) is 8.54. The van der Waals surface area contributed by atoms with Crippen LogP contribution in [0.15, 0.2) is 18.2 Å². The molecule has 1 aromatic carbocycles. The van der Waals surface area contributed by atoms with Gasteiger partial charge in [-0.3, -0.25) is 0 Å². The summed E-state index contributed by atoms with van der Waals surface area (Å²) in [4.78, 5) is 0. The summed E-state index contributed by atoms with van der Waals surface area (Å²) >= 11 is 5.97. The fourth-order valence-electron chi connectivity index (χ4n) is 1.84. The Morgan fingerprint density at radius 3 is 2.44 bits per heavy atom. The number of ether oxygens (including phenoxy) is 1. The van der Waals surface area contributed by atoms with Crippen LogP contribution >= 0.6 is 11.6 Å². The van der Waals surface area contributed by atoms with E-state index in [9.17, 15) is 0 Å². The van der Waals surface area contributed by atoms with Crippen molar-refractivity contribution in [2.24, 2.45) is 0 Å². The van der Waals surface area contributed by atoms with E-state index >= 15 is 0 Å². The third-order valence-electron chi connectivity index (χ3n) is 3.08. The maximum atomic E-state index is 5.97. The van der Waals surface area contributed by atoms with Crippen molar-refractivity contribution in [1.29, 1.82) is 0 Å². The van der Waals surface area contributed by atoms with Crippen LogP contribution in [0.1, 0.15) is 16.7 Å². The fourth-order valence-corrected chi connectivity index (χ4v) is 2.02. The molecule has 2 aromatic rings. The monoisotopic (exact) mass is 262 g/mol. The Balaban J connectivity index is 2.69. The third-order valence-corrected chi connectivity index (χ3v) is 3.43. The van der Waals surface area contributed by atoms with E-state index in [1.807, 2.05) is 39.0 Å². The summed E-state index contributed by atoms with van der Waals surface area (Å²) in [5.74, 6) is 0.791. The van der Waals surface area contributed by atoms with Crippen LogP contribution in [0.4, 0.5) is 0 Å². The SMILES string of the molecule is COc1ccc(C)cc1-c1nnc(Cl)c(C)c1C. The van der Waals surface area contributed by atoms with Gasteiger partial charge in [-0.05, 0) is 44.0 Å². The summed E-state index contributed by atoms with van der Waals surface area (Å²) in [7, 11) is 1.65. The zero-order valence-corrected chi connectivity index (χ0v) is 11.7. The molecule has 0 fully saturated rings. The predicted molar refractivity (Wildman–Crippen MR) is 73.2 cm³/mol. The van der Waals surface area contributed by atoms with Crippen LogP contribution in [0, 0.1) is 20.8 Å². The number of halogens is 1. The minimum absolute atomic E-state index is 0.447. The zero-order chi connectivity index (χ0) is 13.3. The van der Waals surface area contributed by atoms with Crippen LogP contribution in [0.2, 0.25) is 5.15 Å². The van der Waals surface area contributed by atoms with E-state index in [1.165, 1.54) is 0 Å². The predicted octanol–water partition coefficient (Wildman–Crippen LogP) is 3.73. The topological polar surface area (TPSA) is 35.0 Å². The van der Waals surface area contributed by atoms with Crippen LogP contribution in [0.5, 0.6) is 5.75 Å². The van der Waals surface area contributed by atoms with E-state index in [4.69, 9.17) is 16.3 Å². The molecule has 0 N–H and O–H groups in total. The van der Waals surface area contributed by atoms with Gasteiger partial charge in [0, 0.05) is 5.56 Å². The van der Waals surface area contributed by atoms with E-state index in [2.05, 4.69) is 10.2 Å². The summed E-state index contributed by atoms with van der Waals surface area (Å²) in [5, 5.41) is 8.62. The Hall–Kier alpha value is -1.61. The molecule has 4 heteroatoms. The van der Waals surface area contributed by atoms with Crippen LogP contribution in [0.3, 0.4) is 0 Å². The lowest BCUT2D eigenvalue weighted by Crippen LogP contribution is -1.98. The van der Waals surface area contributed by atoms with E-state index in [0.29, 0.717) is 5.15 Å². The molecule has 0 spiro atoms. The summed E-state index contributed by atoms with van der Waals surface area (Å²) < 4.78 is 5.38. The number of hydrogen-bond donors (Lipinski definition) is 0. The van der Waals surface area contributed by atoms with Crippen molar-refractivity contribution < 1.29 is 4.74 Å². The maximum absolute atomic E-state index is 5.97. The van der Waals surface area contributed by atoms with Gasteiger partial charge in [0.2, 0.25) is 0 Å². The van der Waals surface area contributed by atoms with E-state index in [-0.39, 0.29) is 0 Å². The number of rotatable bonds is 2. The van der Waals surface area contributed by atoms with Gasteiger partial charge < -0.3 is 4.74 Å². The van der Waals surface area contributed by atoms with Crippen molar-refractivity contribution in [2.75, 3.05) is 7.11 Å². The van der Waals surface area contributed by atoms with Gasteiger partial charge in [-0.2, -0.15) is 0 Å². The molecule has 0 amide bonds. The maximum Gasteiger partial charge on any atom is 0.154 e. The standard InChI is InChI=1S/C14H15ClN2O/c1-8-5-6-12(18-4)11(7-8)13-9(2)10(3)14(15)17-16-13/h5-7H,1-4H3. The number of aryl methyl sites for hydroxylation is 1. The molecule has 94 valence electrons. The first-order valence-corrected chi connectivity index (χ1v) is 6.06. The van der Waals surface area contributed by atoms with Crippen LogP contribution in [-0.2, 0) is 0 Å². The van der Waals surface area contributed by atoms with E-state index in [0.717, 1.165) is 33.7 Å². The molecule has 0 aliphatic rings. The Morgan fingerprint density at radius 1 is 1.06 bits per heavy atom. The van der Waals surface area contributed by atoms with Gasteiger partial charge in [0.15, 0.2) is 5.15 Å². The second-order valence-corrected chi connectivity index (χ2v) is 4.65. The summed E-state index contributed by atoms with van der Waals surface area (Å²) in [6, 6.07) is 5.99. The van der Waals surface area contributed by atoms with Crippen molar-refractivity contribution >= 4 is 11.6 Å². The highest BCUT2D eigenvalue weighted by molar-refractivity contribution is 6.30. The average molecular weight is 263 g/mol. The highest BCUT2D eigenvalue weighted by atomic mass is 35.5. The number of nitrogens with zero attached hydrogens (tertiary/aromatic N) is 2. The van der Waals surface area contributed by atoms with E-state index in [1.54, 1.807) is 7.11 Å². The lowest BCUT2D eigenvalue weighted by Gasteiger charge is -2.12. The van der Waals surface area contributed by atoms with Gasteiger partial charge in [0.05, 0.1) is 12.8 Å². The Morgan fingerprint density at radius 2 is 1.78 bits per heavy atom. The molecule has 1 aromatic heterocycles. The summed E-state index contributed by atoms with van der Waals surface area (Å²) in [5.41, 5.74) is 4.89. The molecule has 2 rings (SSSR count).